The summed E-state index contributed by atoms with van der Waals surface area (Å²) in [7, 11) is -3.54. The fraction of sp³-hybridized carbons (Fsp3) is 0.429. The van der Waals surface area contributed by atoms with Crippen molar-refractivity contribution < 1.29 is 12.8 Å². The number of aryl methyl sites for hydroxylation is 2. The van der Waals surface area contributed by atoms with Crippen molar-refractivity contribution in [3.05, 3.63) is 39.5 Å². The van der Waals surface area contributed by atoms with Crippen LogP contribution in [0.4, 0.5) is 0 Å². The summed E-state index contributed by atoms with van der Waals surface area (Å²) >= 11 is 1.46. The smallest absolute Gasteiger partial charge is 0.242 e. The maximum absolute atomic E-state index is 12.5. The minimum absolute atomic E-state index is 0.159. The molecule has 0 spiro atoms. The van der Waals surface area contributed by atoms with Crippen LogP contribution in [0.3, 0.4) is 0 Å². The minimum Gasteiger partial charge on any atom is -0.465 e. The van der Waals surface area contributed by atoms with Crippen molar-refractivity contribution in [2.75, 3.05) is 6.54 Å². The van der Waals surface area contributed by atoms with Crippen LogP contribution in [0.1, 0.15) is 28.9 Å². The maximum Gasteiger partial charge on any atom is 0.242 e. The lowest BCUT2D eigenvalue weighted by atomic mass is 10.3. The molecule has 21 heavy (non-hydrogen) atoms. The van der Waals surface area contributed by atoms with Crippen LogP contribution in [0.25, 0.3) is 0 Å². The Morgan fingerprint density at radius 3 is 2.62 bits per heavy atom. The highest BCUT2D eigenvalue weighted by molar-refractivity contribution is 7.89. The van der Waals surface area contributed by atoms with Crippen LogP contribution in [0.2, 0.25) is 0 Å². The molecule has 0 radical (unpaired) electrons. The van der Waals surface area contributed by atoms with Gasteiger partial charge in [-0.3, -0.25) is 0 Å². The van der Waals surface area contributed by atoms with Gasteiger partial charge in [-0.2, -0.15) is 0 Å². The van der Waals surface area contributed by atoms with Crippen LogP contribution in [-0.4, -0.2) is 15.0 Å². The summed E-state index contributed by atoms with van der Waals surface area (Å²) < 4.78 is 33.0. The Morgan fingerprint density at radius 2 is 2.00 bits per heavy atom. The molecule has 7 heteroatoms. The van der Waals surface area contributed by atoms with Gasteiger partial charge in [0.25, 0.3) is 0 Å². The molecule has 0 amide bonds. The molecule has 0 aliphatic carbocycles. The summed E-state index contributed by atoms with van der Waals surface area (Å²) in [5, 5.41) is 5.04. The van der Waals surface area contributed by atoms with E-state index in [1.165, 1.54) is 11.3 Å². The molecule has 2 aromatic heterocycles. The summed E-state index contributed by atoms with van der Waals surface area (Å²) in [6.07, 6.45) is 0. The fourth-order valence-corrected chi connectivity index (χ4v) is 4.80. The first kappa shape index (κ1) is 16.2. The number of hydrogen-bond acceptors (Lipinski definition) is 5. The third kappa shape index (κ3) is 3.94. The molecule has 0 aliphatic rings. The lowest BCUT2D eigenvalue weighted by Gasteiger charge is -2.08. The second-order valence-electron chi connectivity index (χ2n) is 4.79. The summed E-state index contributed by atoms with van der Waals surface area (Å²) in [6, 6.07) is 3.59. The van der Waals surface area contributed by atoms with Gasteiger partial charge in [-0.25, -0.2) is 13.1 Å². The van der Waals surface area contributed by atoms with Crippen molar-refractivity contribution in [2.45, 2.75) is 38.8 Å². The normalized spacial score (nSPS) is 12.0. The Labute approximate surface area is 129 Å². The second kappa shape index (κ2) is 6.74. The Bertz CT molecular complexity index is 702. The first-order valence-corrected chi connectivity index (χ1v) is 9.13. The topological polar surface area (TPSA) is 71.3 Å². The molecule has 2 N–H and O–H groups in total. The van der Waals surface area contributed by atoms with E-state index in [1.54, 1.807) is 6.07 Å². The lowest BCUT2D eigenvalue weighted by molar-refractivity contribution is 0.475. The van der Waals surface area contributed by atoms with E-state index in [0.717, 1.165) is 22.7 Å². The van der Waals surface area contributed by atoms with Crippen LogP contribution in [0.15, 0.2) is 26.8 Å². The Morgan fingerprint density at radius 1 is 1.24 bits per heavy atom. The summed E-state index contributed by atoms with van der Waals surface area (Å²) in [5.74, 6) is 1.38. The summed E-state index contributed by atoms with van der Waals surface area (Å²) in [4.78, 5) is 1.22. The predicted octanol–water partition coefficient (Wildman–Crippen LogP) is 2.55. The highest BCUT2D eigenvalue weighted by atomic mass is 32.2. The van der Waals surface area contributed by atoms with Gasteiger partial charge in [-0.15, -0.1) is 11.3 Å². The van der Waals surface area contributed by atoms with Crippen LogP contribution in [0, 0.1) is 13.8 Å². The fourth-order valence-electron chi connectivity index (χ4n) is 2.03. The molecule has 0 fully saturated rings. The third-order valence-electron chi connectivity index (χ3n) is 3.03. The molecule has 2 rings (SSSR count). The molecule has 0 aromatic carbocycles. The van der Waals surface area contributed by atoms with Crippen LogP contribution < -0.4 is 10.0 Å². The molecule has 0 aliphatic heterocycles. The lowest BCUT2D eigenvalue weighted by Crippen LogP contribution is -2.25. The molecule has 5 nitrogen and oxygen atoms in total. The van der Waals surface area contributed by atoms with E-state index in [1.807, 2.05) is 32.2 Å². The van der Waals surface area contributed by atoms with E-state index in [-0.39, 0.29) is 6.54 Å². The standard InChI is InChI=1S/C14H20N2O3S2/c1-4-15-8-13-14(10(2)9-20-13)21(17,18)16-7-12-6-5-11(3)19-12/h5-6,9,15-16H,4,7-8H2,1-3H3. The Hall–Kier alpha value is -1.15. The highest BCUT2D eigenvalue weighted by Gasteiger charge is 2.22. The van der Waals surface area contributed by atoms with Crippen molar-refractivity contribution in [2.24, 2.45) is 0 Å². The summed E-state index contributed by atoms with van der Waals surface area (Å²) in [5.41, 5.74) is 0.774. The number of rotatable bonds is 7. The molecular formula is C14H20N2O3S2. The average Bonchev–Trinajstić information content (AvgIpc) is 3.00. The van der Waals surface area contributed by atoms with E-state index in [9.17, 15) is 8.42 Å². The van der Waals surface area contributed by atoms with Crippen molar-refractivity contribution in [3.8, 4) is 0 Å². The number of sulfonamides is 1. The third-order valence-corrected chi connectivity index (χ3v) is 5.89. The number of nitrogens with one attached hydrogen (secondary N) is 2. The molecular weight excluding hydrogens is 308 g/mol. The molecule has 0 saturated heterocycles. The molecule has 0 atom stereocenters. The molecule has 2 aromatic rings. The van der Waals surface area contributed by atoms with Gasteiger partial charge < -0.3 is 9.73 Å². The van der Waals surface area contributed by atoms with Crippen molar-refractivity contribution in [1.29, 1.82) is 0 Å². The van der Waals surface area contributed by atoms with E-state index in [0.29, 0.717) is 17.2 Å². The number of thiophene rings is 1. The first-order chi connectivity index (χ1) is 9.94. The van der Waals surface area contributed by atoms with Gasteiger partial charge in [-0.05, 0) is 43.5 Å². The monoisotopic (exact) mass is 328 g/mol. The Kier molecular flexibility index (Phi) is 5.21. The van der Waals surface area contributed by atoms with Gasteiger partial charge in [-0.1, -0.05) is 6.92 Å². The van der Waals surface area contributed by atoms with Crippen LogP contribution in [0.5, 0.6) is 0 Å². The van der Waals surface area contributed by atoms with Crippen molar-refractivity contribution in [1.82, 2.24) is 10.0 Å². The maximum atomic E-state index is 12.5. The molecule has 116 valence electrons. The zero-order valence-corrected chi connectivity index (χ0v) is 14.0. The van der Waals surface area contributed by atoms with E-state index < -0.39 is 10.0 Å². The molecule has 2 heterocycles. The van der Waals surface area contributed by atoms with E-state index in [4.69, 9.17) is 4.42 Å². The van der Waals surface area contributed by atoms with Gasteiger partial charge in [0.1, 0.15) is 16.4 Å². The molecule has 0 bridgehead atoms. The van der Waals surface area contributed by atoms with Gasteiger partial charge in [0.2, 0.25) is 10.0 Å². The zero-order valence-electron chi connectivity index (χ0n) is 12.4. The Balaban J connectivity index is 2.17. The van der Waals surface area contributed by atoms with Gasteiger partial charge in [0.15, 0.2) is 0 Å². The highest BCUT2D eigenvalue weighted by Crippen LogP contribution is 2.26. The van der Waals surface area contributed by atoms with Crippen LogP contribution >= 0.6 is 11.3 Å². The molecule has 0 saturated carbocycles. The van der Waals surface area contributed by atoms with E-state index >= 15 is 0 Å². The number of hydrogen-bond donors (Lipinski definition) is 2. The predicted molar refractivity (Wildman–Crippen MR) is 83.9 cm³/mol. The minimum atomic E-state index is -3.54. The average molecular weight is 328 g/mol. The largest absolute Gasteiger partial charge is 0.465 e. The zero-order chi connectivity index (χ0) is 15.5. The quantitative estimate of drug-likeness (QED) is 0.819. The van der Waals surface area contributed by atoms with Gasteiger partial charge in [0, 0.05) is 11.4 Å². The first-order valence-electron chi connectivity index (χ1n) is 6.76. The molecule has 0 unspecified atom stereocenters. The van der Waals surface area contributed by atoms with Crippen molar-refractivity contribution >= 4 is 21.4 Å². The van der Waals surface area contributed by atoms with Gasteiger partial charge >= 0.3 is 0 Å². The van der Waals surface area contributed by atoms with Crippen molar-refractivity contribution in [3.63, 3.8) is 0 Å². The van der Waals surface area contributed by atoms with Gasteiger partial charge in [0.05, 0.1) is 6.54 Å². The summed E-state index contributed by atoms with van der Waals surface area (Å²) in [6.45, 7) is 7.16. The van der Waals surface area contributed by atoms with Crippen LogP contribution in [-0.2, 0) is 23.1 Å². The number of furan rings is 1. The second-order valence-corrected chi connectivity index (χ2v) is 7.46. The van der Waals surface area contributed by atoms with E-state index in [2.05, 4.69) is 10.0 Å². The SMILES string of the molecule is CCNCc1scc(C)c1S(=O)(=O)NCc1ccc(C)o1.